The molecule has 0 unspecified atom stereocenters. The van der Waals surface area contributed by atoms with Gasteiger partial charge in [0.1, 0.15) is 12.1 Å². The fraction of sp³-hybridized carbons (Fsp3) is 0.286. The first-order chi connectivity index (χ1) is 14.1. The predicted molar refractivity (Wildman–Crippen MR) is 110 cm³/mol. The van der Waals surface area contributed by atoms with E-state index in [0.717, 1.165) is 5.57 Å². The lowest BCUT2D eigenvalue weighted by molar-refractivity contribution is 0.477. The Bertz CT molecular complexity index is 983. The number of nitrogens with one attached hydrogen (secondary N) is 2. The minimum atomic E-state index is -0.307. The summed E-state index contributed by atoms with van der Waals surface area (Å²) in [5.41, 5.74) is 7.58. The fourth-order valence-electron chi connectivity index (χ4n) is 2.96. The Morgan fingerprint density at radius 3 is 2.72 bits per heavy atom. The van der Waals surface area contributed by atoms with E-state index in [9.17, 15) is 4.39 Å². The maximum Gasteiger partial charge on any atom is 0.298 e. The number of nitrogens with zero attached hydrogens (tertiary/aromatic N) is 3. The molecule has 3 heterocycles. The molecule has 152 valence electrons. The van der Waals surface area contributed by atoms with Crippen molar-refractivity contribution in [3.05, 3.63) is 77.9 Å². The van der Waals surface area contributed by atoms with Gasteiger partial charge in [-0.05, 0) is 62.2 Å². The molecule has 1 aliphatic carbocycles. The minimum Gasteiger partial charge on any atom is -0.432 e. The SMILES string of the molecule is C1CCNCC1.N=c1occn1/C(=C/C1=CC=C(F)C=CC1)c1ccnc(N)n1. The largest absolute Gasteiger partial charge is 0.432 e. The van der Waals surface area contributed by atoms with Gasteiger partial charge in [-0.2, -0.15) is 0 Å². The summed E-state index contributed by atoms with van der Waals surface area (Å²) in [5, 5.41) is 11.1. The molecule has 2 aromatic rings. The third-order valence-electron chi connectivity index (χ3n) is 4.42. The van der Waals surface area contributed by atoms with Gasteiger partial charge in [-0.15, -0.1) is 0 Å². The Morgan fingerprint density at radius 2 is 2.10 bits per heavy atom. The Morgan fingerprint density at radius 1 is 1.28 bits per heavy atom. The molecule has 2 aliphatic rings. The van der Waals surface area contributed by atoms with Gasteiger partial charge in [-0.25, -0.2) is 14.4 Å². The van der Waals surface area contributed by atoms with E-state index in [1.807, 2.05) is 6.08 Å². The normalized spacial score (nSPS) is 16.9. The molecule has 1 saturated heterocycles. The number of piperidine rings is 1. The zero-order chi connectivity index (χ0) is 20.5. The van der Waals surface area contributed by atoms with E-state index in [0.29, 0.717) is 17.8 Å². The first kappa shape index (κ1) is 20.5. The molecule has 8 heteroatoms. The lowest BCUT2D eigenvalue weighted by Crippen LogP contribution is -2.21. The van der Waals surface area contributed by atoms with Gasteiger partial charge in [0.25, 0.3) is 5.68 Å². The minimum absolute atomic E-state index is 0.0556. The van der Waals surface area contributed by atoms with E-state index in [1.54, 1.807) is 24.4 Å². The van der Waals surface area contributed by atoms with Crippen molar-refractivity contribution in [2.45, 2.75) is 25.7 Å². The molecule has 0 aromatic carbocycles. The Hall–Kier alpha value is -3.26. The van der Waals surface area contributed by atoms with Crippen LogP contribution in [0.5, 0.6) is 0 Å². The van der Waals surface area contributed by atoms with Gasteiger partial charge in [-0.3, -0.25) is 9.98 Å². The molecule has 0 spiro atoms. The summed E-state index contributed by atoms with van der Waals surface area (Å²) in [5.74, 6) is -0.178. The molecule has 0 atom stereocenters. The summed E-state index contributed by atoms with van der Waals surface area (Å²) in [6.07, 6.45) is 17.4. The van der Waals surface area contributed by atoms with Gasteiger partial charge in [0.05, 0.1) is 11.4 Å². The van der Waals surface area contributed by atoms with Crippen molar-refractivity contribution in [1.29, 1.82) is 5.41 Å². The number of rotatable bonds is 3. The molecule has 7 nitrogen and oxygen atoms in total. The second-order valence-electron chi connectivity index (χ2n) is 6.62. The molecule has 2 aromatic heterocycles. The number of hydrogen-bond acceptors (Lipinski definition) is 6. The van der Waals surface area contributed by atoms with Crippen LogP contribution in [0.2, 0.25) is 0 Å². The second-order valence-corrected chi connectivity index (χ2v) is 6.62. The summed E-state index contributed by atoms with van der Waals surface area (Å²) in [6, 6.07) is 1.69. The highest BCUT2D eigenvalue weighted by Gasteiger charge is 2.10. The van der Waals surface area contributed by atoms with Crippen LogP contribution >= 0.6 is 0 Å². The van der Waals surface area contributed by atoms with Crippen molar-refractivity contribution in [3.63, 3.8) is 0 Å². The smallest absolute Gasteiger partial charge is 0.298 e. The topological polar surface area (TPSA) is 106 Å². The molecule has 0 saturated carbocycles. The van der Waals surface area contributed by atoms with Crippen LogP contribution in [0.25, 0.3) is 5.70 Å². The van der Waals surface area contributed by atoms with Crippen LogP contribution in [0.1, 0.15) is 31.4 Å². The van der Waals surface area contributed by atoms with Crippen LogP contribution in [0.15, 0.2) is 70.9 Å². The fourth-order valence-corrected chi connectivity index (χ4v) is 2.96. The van der Waals surface area contributed by atoms with Gasteiger partial charge in [0.2, 0.25) is 5.95 Å². The second kappa shape index (κ2) is 10.3. The van der Waals surface area contributed by atoms with Gasteiger partial charge in [0.15, 0.2) is 0 Å². The quantitative estimate of drug-likeness (QED) is 0.738. The highest BCUT2D eigenvalue weighted by atomic mass is 19.1. The average Bonchev–Trinajstić information content (AvgIpc) is 3.05. The van der Waals surface area contributed by atoms with Gasteiger partial charge in [0, 0.05) is 12.4 Å². The third kappa shape index (κ3) is 6.11. The number of nitrogen functional groups attached to an aromatic ring is 1. The molecule has 1 aliphatic heterocycles. The predicted octanol–water partition coefficient (Wildman–Crippen LogP) is 3.32. The summed E-state index contributed by atoms with van der Waals surface area (Å²) in [7, 11) is 0. The van der Waals surface area contributed by atoms with Crippen LogP contribution in [0.4, 0.5) is 10.3 Å². The Labute approximate surface area is 168 Å². The molecule has 0 amide bonds. The highest BCUT2D eigenvalue weighted by molar-refractivity contribution is 5.66. The summed E-state index contributed by atoms with van der Waals surface area (Å²) < 4.78 is 19.9. The molecular weight excluding hydrogens is 371 g/mol. The van der Waals surface area contributed by atoms with Crippen molar-refractivity contribution in [2.75, 3.05) is 18.8 Å². The van der Waals surface area contributed by atoms with Crippen LogP contribution in [0, 0.1) is 5.41 Å². The van der Waals surface area contributed by atoms with Gasteiger partial charge >= 0.3 is 0 Å². The van der Waals surface area contributed by atoms with Crippen molar-refractivity contribution in [1.82, 2.24) is 19.9 Å². The lowest BCUT2D eigenvalue weighted by atomic mass is 10.1. The van der Waals surface area contributed by atoms with Crippen molar-refractivity contribution in [3.8, 4) is 0 Å². The van der Waals surface area contributed by atoms with E-state index in [-0.39, 0.29) is 17.5 Å². The molecular formula is C21H25FN6O. The third-order valence-corrected chi connectivity index (χ3v) is 4.42. The number of nitrogens with two attached hydrogens (primary N) is 1. The lowest BCUT2D eigenvalue weighted by Gasteiger charge is -2.09. The zero-order valence-corrected chi connectivity index (χ0v) is 16.1. The number of hydrogen-bond donors (Lipinski definition) is 3. The maximum atomic E-state index is 13.3. The van der Waals surface area contributed by atoms with Crippen molar-refractivity contribution >= 4 is 11.6 Å². The summed E-state index contributed by atoms with van der Waals surface area (Å²) in [6.45, 7) is 2.50. The molecule has 0 bridgehead atoms. The van der Waals surface area contributed by atoms with Crippen LogP contribution in [0.3, 0.4) is 0 Å². The Kier molecular flexibility index (Phi) is 7.29. The van der Waals surface area contributed by atoms with Gasteiger partial charge in [-0.1, -0.05) is 18.6 Å². The van der Waals surface area contributed by atoms with Crippen LogP contribution in [-0.4, -0.2) is 27.6 Å². The number of anilines is 1. The van der Waals surface area contributed by atoms with Crippen molar-refractivity contribution in [2.24, 2.45) is 0 Å². The molecule has 4 N–H and O–H groups in total. The van der Waals surface area contributed by atoms with E-state index in [1.165, 1.54) is 61.5 Å². The Balaban J connectivity index is 0.000000343. The van der Waals surface area contributed by atoms with Crippen LogP contribution < -0.4 is 16.7 Å². The van der Waals surface area contributed by atoms with E-state index in [2.05, 4.69) is 15.3 Å². The molecule has 0 radical (unpaired) electrons. The first-order valence-electron chi connectivity index (χ1n) is 9.59. The zero-order valence-electron chi connectivity index (χ0n) is 16.1. The van der Waals surface area contributed by atoms with E-state index in [4.69, 9.17) is 15.6 Å². The summed E-state index contributed by atoms with van der Waals surface area (Å²) in [4.78, 5) is 8.07. The number of oxazole rings is 1. The number of halogens is 1. The monoisotopic (exact) mass is 396 g/mol. The maximum absolute atomic E-state index is 13.3. The highest BCUT2D eigenvalue weighted by Crippen LogP contribution is 2.20. The average molecular weight is 396 g/mol. The standard InChI is InChI=1S/C16H14FN5O.C5H11N/c17-12-3-1-2-11(4-5-12)10-14(22-8-9-23-16(22)19)13-6-7-20-15(18)21-13;1-2-4-6-5-3-1/h1,3-10,19H,2H2,(H2,18,20,21);6H,1-5H2/b14-10+,19-16?;. The van der Waals surface area contributed by atoms with E-state index < -0.39 is 0 Å². The molecule has 1 fully saturated rings. The summed E-state index contributed by atoms with van der Waals surface area (Å²) >= 11 is 0. The van der Waals surface area contributed by atoms with Gasteiger partial charge < -0.3 is 15.5 Å². The molecule has 4 rings (SSSR count). The van der Waals surface area contributed by atoms with Crippen LogP contribution in [-0.2, 0) is 0 Å². The van der Waals surface area contributed by atoms with E-state index >= 15 is 0 Å². The number of allylic oxidation sites excluding steroid dienone is 7. The van der Waals surface area contributed by atoms with Crippen molar-refractivity contribution < 1.29 is 8.81 Å². The molecule has 29 heavy (non-hydrogen) atoms. The number of aromatic nitrogens is 3. The first-order valence-corrected chi connectivity index (χ1v) is 9.59.